The minimum atomic E-state index is -0.752. The monoisotopic (exact) mass is 273 g/mol. The molecule has 1 aromatic rings. The summed E-state index contributed by atoms with van der Waals surface area (Å²) in [5.74, 6) is -0.943. The Morgan fingerprint density at radius 2 is 1.95 bits per heavy atom. The van der Waals surface area contributed by atoms with E-state index in [0.29, 0.717) is 6.42 Å². The maximum atomic E-state index is 12.4. The fraction of sp³-hybridized carbons (Fsp3) is 0.438. The van der Waals surface area contributed by atoms with Crippen molar-refractivity contribution in [2.75, 3.05) is 0 Å². The van der Waals surface area contributed by atoms with Crippen LogP contribution in [-0.4, -0.2) is 23.0 Å². The maximum Gasteiger partial charge on any atom is 0.234 e. The van der Waals surface area contributed by atoms with Crippen LogP contribution in [-0.2, 0) is 20.9 Å². The van der Waals surface area contributed by atoms with Gasteiger partial charge in [-0.25, -0.2) is 0 Å². The molecule has 1 aromatic carbocycles. The van der Waals surface area contributed by atoms with Crippen molar-refractivity contribution in [1.82, 2.24) is 4.90 Å². The molecule has 1 aliphatic rings. The highest BCUT2D eigenvalue weighted by molar-refractivity contribution is 6.05. The summed E-state index contributed by atoms with van der Waals surface area (Å²) in [4.78, 5) is 37.1. The quantitative estimate of drug-likeness (QED) is 0.610. The maximum absolute atomic E-state index is 12.4. The molecule has 1 saturated heterocycles. The number of benzene rings is 1. The highest BCUT2D eigenvalue weighted by atomic mass is 16.2. The number of likely N-dealkylation sites (tertiary alicyclic amines) is 1. The van der Waals surface area contributed by atoms with Gasteiger partial charge in [0.15, 0.2) is 0 Å². The molecule has 0 saturated carbocycles. The minimum Gasteiger partial charge on any atom is -0.303 e. The molecule has 2 atom stereocenters. The van der Waals surface area contributed by atoms with Crippen LogP contribution in [0.5, 0.6) is 0 Å². The molecule has 1 unspecified atom stereocenters. The Hall–Kier alpha value is -1.97. The lowest BCUT2D eigenvalue weighted by molar-refractivity contribution is -0.142. The van der Waals surface area contributed by atoms with Crippen LogP contribution in [0.4, 0.5) is 0 Å². The van der Waals surface area contributed by atoms with Crippen LogP contribution in [0.1, 0.15) is 32.3 Å². The molecule has 20 heavy (non-hydrogen) atoms. The second-order valence-electron chi connectivity index (χ2n) is 5.54. The van der Waals surface area contributed by atoms with Crippen molar-refractivity contribution in [2.45, 2.75) is 33.2 Å². The summed E-state index contributed by atoms with van der Waals surface area (Å²) in [6, 6.07) is 9.40. The lowest BCUT2D eigenvalue weighted by Gasteiger charge is -2.26. The first-order valence-corrected chi connectivity index (χ1v) is 6.86. The van der Waals surface area contributed by atoms with Crippen LogP contribution in [0.3, 0.4) is 0 Å². The standard InChI is InChI=1S/C16H19NO3/c1-3-16(2,11-18)13-9-14(19)17(15(13)20)10-12-7-5-4-6-8-12/h4-8,11,13H,3,9-10H2,1-2H3/t13-,16?/m1/s1. The number of amides is 2. The van der Waals surface area contributed by atoms with E-state index in [2.05, 4.69) is 0 Å². The van der Waals surface area contributed by atoms with Crippen molar-refractivity contribution in [3.05, 3.63) is 35.9 Å². The zero-order valence-corrected chi connectivity index (χ0v) is 11.8. The average Bonchev–Trinajstić information content (AvgIpc) is 2.76. The third kappa shape index (κ3) is 2.50. The summed E-state index contributed by atoms with van der Waals surface area (Å²) in [5.41, 5.74) is 0.164. The largest absolute Gasteiger partial charge is 0.303 e. The molecule has 106 valence electrons. The summed E-state index contributed by atoms with van der Waals surface area (Å²) in [7, 11) is 0. The van der Waals surface area contributed by atoms with E-state index in [0.717, 1.165) is 11.8 Å². The lowest BCUT2D eigenvalue weighted by atomic mass is 9.75. The smallest absolute Gasteiger partial charge is 0.234 e. The number of hydrogen-bond donors (Lipinski definition) is 0. The molecular formula is C16H19NO3. The summed E-state index contributed by atoms with van der Waals surface area (Å²) < 4.78 is 0. The highest BCUT2D eigenvalue weighted by Gasteiger charge is 2.47. The van der Waals surface area contributed by atoms with E-state index in [1.165, 1.54) is 4.90 Å². The molecule has 0 bridgehead atoms. The van der Waals surface area contributed by atoms with Gasteiger partial charge in [0.2, 0.25) is 11.8 Å². The van der Waals surface area contributed by atoms with Gasteiger partial charge in [-0.05, 0) is 12.0 Å². The van der Waals surface area contributed by atoms with Crippen molar-refractivity contribution in [2.24, 2.45) is 11.3 Å². The average molecular weight is 273 g/mol. The second kappa shape index (κ2) is 5.57. The van der Waals surface area contributed by atoms with Gasteiger partial charge < -0.3 is 4.79 Å². The minimum absolute atomic E-state index is 0.134. The molecular weight excluding hydrogens is 254 g/mol. The molecule has 0 spiro atoms. The first-order valence-electron chi connectivity index (χ1n) is 6.86. The topological polar surface area (TPSA) is 54.5 Å². The van der Waals surface area contributed by atoms with E-state index in [1.807, 2.05) is 37.3 Å². The molecule has 1 aliphatic heterocycles. The van der Waals surface area contributed by atoms with Gasteiger partial charge in [-0.15, -0.1) is 0 Å². The zero-order chi connectivity index (χ0) is 14.8. The Morgan fingerprint density at radius 1 is 1.30 bits per heavy atom. The molecule has 4 nitrogen and oxygen atoms in total. The van der Waals surface area contributed by atoms with E-state index in [1.54, 1.807) is 6.92 Å². The second-order valence-corrected chi connectivity index (χ2v) is 5.54. The molecule has 2 rings (SSSR count). The molecule has 0 aromatic heterocycles. The molecule has 4 heteroatoms. The van der Waals surface area contributed by atoms with Crippen LogP contribution in [0, 0.1) is 11.3 Å². The number of carbonyl (C=O) groups is 3. The Morgan fingerprint density at radius 3 is 2.50 bits per heavy atom. The summed E-state index contributed by atoms with van der Waals surface area (Å²) in [5, 5.41) is 0. The molecule has 0 aliphatic carbocycles. The Balaban J connectivity index is 2.19. The van der Waals surface area contributed by atoms with E-state index in [-0.39, 0.29) is 24.8 Å². The normalized spacial score (nSPS) is 21.9. The fourth-order valence-electron chi connectivity index (χ4n) is 2.54. The van der Waals surface area contributed by atoms with Crippen molar-refractivity contribution in [3.8, 4) is 0 Å². The van der Waals surface area contributed by atoms with Gasteiger partial charge in [0, 0.05) is 11.8 Å². The van der Waals surface area contributed by atoms with Gasteiger partial charge in [-0.1, -0.05) is 44.2 Å². The van der Waals surface area contributed by atoms with Crippen LogP contribution in [0.25, 0.3) is 0 Å². The SMILES string of the molecule is CCC(C)(C=O)[C@@H]1CC(=O)N(Cc2ccccc2)C1=O. The number of hydrogen-bond acceptors (Lipinski definition) is 3. The van der Waals surface area contributed by atoms with Crippen molar-refractivity contribution in [3.63, 3.8) is 0 Å². The first-order chi connectivity index (χ1) is 9.51. The summed E-state index contributed by atoms with van der Waals surface area (Å²) in [6.07, 6.45) is 1.50. The molecule has 1 heterocycles. The third-order valence-electron chi connectivity index (χ3n) is 4.25. The number of imide groups is 1. The van der Waals surface area contributed by atoms with Gasteiger partial charge in [-0.3, -0.25) is 14.5 Å². The third-order valence-corrected chi connectivity index (χ3v) is 4.25. The van der Waals surface area contributed by atoms with E-state index < -0.39 is 11.3 Å². The number of nitrogens with zero attached hydrogens (tertiary/aromatic N) is 1. The van der Waals surface area contributed by atoms with Crippen LogP contribution in [0.15, 0.2) is 30.3 Å². The molecule has 2 amide bonds. The number of rotatable bonds is 5. The Labute approximate surface area is 118 Å². The van der Waals surface area contributed by atoms with Crippen LogP contribution < -0.4 is 0 Å². The van der Waals surface area contributed by atoms with Crippen LogP contribution in [0.2, 0.25) is 0 Å². The van der Waals surface area contributed by atoms with Gasteiger partial charge in [0.25, 0.3) is 0 Å². The van der Waals surface area contributed by atoms with E-state index in [9.17, 15) is 14.4 Å². The van der Waals surface area contributed by atoms with Crippen molar-refractivity contribution in [1.29, 1.82) is 0 Å². The lowest BCUT2D eigenvalue weighted by Crippen LogP contribution is -2.36. The zero-order valence-electron chi connectivity index (χ0n) is 11.8. The predicted molar refractivity (Wildman–Crippen MR) is 74.6 cm³/mol. The number of aldehydes is 1. The molecule has 0 N–H and O–H groups in total. The van der Waals surface area contributed by atoms with Crippen molar-refractivity contribution >= 4 is 18.1 Å². The van der Waals surface area contributed by atoms with Gasteiger partial charge >= 0.3 is 0 Å². The fourth-order valence-corrected chi connectivity index (χ4v) is 2.54. The van der Waals surface area contributed by atoms with E-state index in [4.69, 9.17) is 0 Å². The predicted octanol–water partition coefficient (Wildman–Crippen LogP) is 2.18. The summed E-state index contributed by atoms with van der Waals surface area (Å²) >= 11 is 0. The number of carbonyl (C=O) groups excluding carboxylic acids is 3. The van der Waals surface area contributed by atoms with E-state index >= 15 is 0 Å². The van der Waals surface area contributed by atoms with Crippen molar-refractivity contribution < 1.29 is 14.4 Å². The Kier molecular flexibility index (Phi) is 4.02. The molecule has 0 radical (unpaired) electrons. The van der Waals surface area contributed by atoms with Gasteiger partial charge in [0.1, 0.15) is 6.29 Å². The summed E-state index contributed by atoms with van der Waals surface area (Å²) in [6.45, 7) is 3.90. The highest BCUT2D eigenvalue weighted by Crippen LogP contribution is 2.37. The van der Waals surface area contributed by atoms with Gasteiger partial charge in [0.05, 0.1) is 12.5 Å². The van der Waals surface area contributed by atoms with Crippen LogP contribution >= 0.6 is 0 Å². The Bertz CT molecular complexity index is 526. The first kappa shape index (κ1) is 14.4. The van der Waals surface area contributed by atoms with Gasteiger partial charge in [-0.2, -0.15) is 0 Å². The molecule has 1 fully saturated rings.